The number of hydrogen-bond donors (Lipinski definition) is 0. The van der Waals surface area contributed by atoms with Crippen molar-refractivity contribution in [3.05, 3.63) is 24.1 Å². The molecule has 0 spiro atoms. The zero-order chi connectivity index (χ0) is 17.9. The molecule has 0 atom stereocenters. The summed E-state index contributed by atoms with van der Waals surface area (Å²) < 4.78 is 18.9. The molecule has 0 unspecified atom stereocenters. The number of unbranched alkanes of at least 4 members (excludes halogenated alkanes) is 1. The van der Waals surface area contributed by atoms with E-state index in [2.05, 4.69) is 6.92 Å². The van der Waals surface area contributed by atoms with E-state index in [0.29, 0.717) is 12.0 Å². The molecule has 0 radical (unpaired) electrons. The Kier molecular flexibility index (Phi) is 9.26. The molecule has 0 aromatic rings. The molecule has 2 rings (SSSR count). The number of nitriles is 1. The van der Waals surface area contributed by atoms with Gasteiger partial charge in [0.2, 0.25) is 0 Å². The van der Waals surface area contributed by atoms with Crippen molar-refractivity contribution >= 4 is 0 Å². The minimum atomic E-state index is -0.724. The summed E-state index contributed by atoms with van der Waals surface area (Å²) in [7, 11) is 0. The summed E-state index contributed by atoms with van der Waals surface area (Å²) in [4.78, 5) is 0. The van der Waals surface area contributed by atoms with Crippen LogP contribution in [0.4, 0.5) is 4.39 Å². The van der Waals surface area contributed by atoms with E-state index in [4.69, 9.17) is 10.00 Å². The molecular formula is C22H34FNO. The molecule has 2 saturated carbocycles. The molecule has 0 N–H and O–H groups in total. The van der Waals surface area contributed by atoms with Crippen molar-refractivity contribution < 1.29 is 9.13 Å². The predicted octanol–water partition coefficient (Wildman–Crippen LogP) is 6.49. The Morgan fingerprint density at radius 1 is 1.08 bits per heavy atom. The first kappa shape index (κ1) is 20.2. The highest BCUT2D eigenvalue weighted by molar-refractivity contribution is 5.19. The Bertz CT molecular complexity index is 463. The number of hydrogen-bond acceptors (Lipinski definition) is 2. The normalized spacial score (nSPS) is 31.2. The first-order valence-electron chi connectivity index (χ1n) is 10.3. The minimum Gasteiger partial charge on any atom is -0.378 e. The van der Waals surface area contributed by atoms with Gasteiger partial charge in [-0.3, -0.25) is 0 Å². The maximum atomic E-state index is 12.7. The van der Waals surface area contributed by atoms with Crippen molar-refractivity contribution in [3.8, 4) is 6.07 Å². The van der Waals surface area contributed by atoms with Crippen LogP contribution >= 0.6 is 0 Å². The molecule has 0 heterocycles. The molecule has 0 bridgehead atoms. The maximum absolute atomic E-state index is 12.7. The summed E-state index contributed by atoms with van der Waals surface area (Å²) in [5.74, 6) is 1.52. The average molecular weight is 348 g/mol. The summed E-state index contributed by atoms with van der Waals surface area (Å²) in [6.45, 7) is 3.23. The third-order valence-corrected chi connectivity index (χ3v) is 5.95. The van der Waals surface area contributed by atoms with Gasteiger partial charge in [-0.25, -0.2) is 0 Å². The number of halogens is 1. The van der Waals surface area contributed by atoms with Gasteiger partial charge in [-0.1, -0.05) is 51.2 Å². The lowest BCUT2D eigenvalue weighted by Crippen LogP contribution is -2.25. The average Bonchev–Trinajstić information content (AvgIpc) is 2.66. The first-order chi connectivity index (χ1) is 12.2. The van der Waals surface area contributed by atoms with Crippen molar-refractivity contribution in [2.45, 2.75) is 83.7 Å². The highest BCUT2D eigenvalue weighted by Gasteiger charge is 2.24. The van der Waals surface area contributed by atoms with Crippen LogP contribution < -0.4 is 0 Å². The SMILES string of the molecule is CCCCC1CCC(COC2CCC(C=CC=C(F)C#N)CC2)CC1. The van der Waals surface area contributed by atoms with Crippen LogP contribution in [0.2, 0.25) is 0 Å². The zero-order valence-corrected chi connectivity index (χ0v) is 15.8. The van der Waals surface area contributed by atoms with Crippen LogP contribution in [-0.4, -0.2) is 12.7 Å². The van der Waals surface area contributed by atoms with E-state index < -0.39 is 5.83 Å². The largest absolute Gasteiger partial charge is 0.378 e. The summed E-state index contributed by atoms with van der Waals surface area (Å²) in [6.07, 6.45) is 19.4. The number of rotatable bonds is 8. The maximum Gasteiger partial charge on any atom is 0.199 e. The van der Waals surface area contributed by atoms with E-state index in [1.165, 1.54) is 57.1 Å². The summed E-state index contributed by atoms with van der Waals surface area (Å²) in [5, 5.41) is 8.38. The van der Waals surface area contributed by atoms with Gasteiger partial charge in [0.25, 0.3) is 0 Å². The fourth-order valence-corrected chi connectivity index (χ4v) is 4.23. The molecule has 2 fully saturated rings. The van der Waals surface area contributed by atoms with Crippen molar-refractivity contribution in [2.75, 3.05) is 6.61 Å². The van der Waals surface area contributed by atoms with Crippen molar-refractivity contribution in [3.63, 3.8) is 0 Å². The molecule has 2 aliphatic carbocycles. The molecule has 25 heavy (non-hydrogen) atoms. The lowest BCUT2D eigenvalue weighted by Gasteiger charge is -2.31. The van der Waals surface area contributed by atoms with E-state index in [9.17, 15) is 4.39 Å². The van der Waals surface area contributed by atoms with Crippen LogP contribution in [0.1, 0.15) is 77.6 Å². The summed E-state index contributed by atoms with van der Waals surface area (Å²) >= 11 is 0. The molecule has 0 aromatic heterocycles. The van der Waals surface area contributed by atoms with Gasteiger partial charge in [0.05, 0.1) is 6.10 Å². The van der Waals surface area contributed by atoms with Gasteiger partial charge in [0, 0.05) is 6.61 Å². The Balaban J connectivity index is 1.58. The number of nitrogens with zero attached hydrogens (tertiary/aromatic N) is 1. The predicted molar refractivity (Wildman–Crippen MR) is 101 cm³/mol. The van der Waals surface area contributed by atoms with Gasteiger partial charge < -0.3 is 4.74 Å². The summed E-state index contributed by atoms with van der Waals surface area (Å²) in [6, 6.07) is 1.49. The molecular weight excluding hydrogens is 313 g/mol. The van der Waals surface area contributed by atoms with Crippen molar-refractivity contribution in [1.29, 1.82) is 5.26 Å². The van der Waals surface area contributed by atoms with Gasteiger partial charge in [0.15, 0.2) is 5.83 Å². The van der Waals surface area contributed by atoms with Crippen molar-refractivity contribution in [2.24, 2.45) is 17.8 Å². The third-order valence-electron chi connectivity index (χ3n) is 5.95. The van der Waals surface area contributed by atoms with Crippen LogP contribution in [0.15, 0.2) is 24.1 Å². The van der Waals surface area contributed by atoms with Gasteiger partial charge >= 0.3 is 0 Å². The molecule has 2 aliphatic rings. The molecule has 140 valence electrons. The number of allylic oxidation sites excluding steroid dienone is 4. The van der Waals surface area contributed by atoms with E-state index in [1.54, 1.807) is 6.08 Å². The van der Waals surface area contributed by atoms with Gasteiger partial charge in [-0.05, 0) is 62.4 Å². The van der Waals surface area contributed by atoms with E-state index in [0.717, 1.165) is 44.1 Å². The van der Waals surface area contributed by atoms with E-state index >= 15 is 0 Å². The van der Waals surface area contributed by atoms with Crippen LogP contribution in [0, 0.1) is 29.1 Å². The standard InChI is InChI=1S/C22H34FNO/c1-2-3-5-18-8-10-20(11-9-18)17-25-22-14-12-19(13-15-22)6-4-7-21(23)16-24/h4,6-7,18-20,22H,2-3,5,8-15,17H2,1H3. The number of ether oxygens (including phenoxy) is 1. The second kappa shape index (κ2) is 11.5. The van der Waals surface area contributed by atoms with Crippen LogP contribution in [0.25, 0.3) is 0 Å². The van der Waals surface area contributed by atoms with Gasteiger partial charge in [0.1, 0.15) is 6.07 Å². The lowest BCUT2D eigenvalue weighted by atomic mass is 9.80. The summed E-state index contributed by atoms with van der Waals surface area (Å²) in [5.41, 5.74) is 0. The van der Waals surface area contributed by atoms with Crippen LogP contribution in [-0.2, 0) is 4.74 Å². The molecule has 3 heteroatoms. The van der Waals surface area contributed by atoms with Crippen molar-refractivity contribution in [1.82, 2.24) is 0 Å². The molecule has 0 amide bonds. The molecule has 0 aliphatic heterocycles. The fourth-order valence-electron chi connectivity index (χ4n) is 4.23. The Morgan fingerprint density at radius 3 is 2.40 bits per heavy atom. The Hall–Kier alpha value is -1.14. The Labute approximate surface area is 153 Å². The Morgan fingerprint density at radius 2 is 1.76 bits per heavy atom. The first-order valence-corrected chi connectivity index (χ1v) is 10.3. The smallest absolute Gasteiger partial charge is 0.199 e. The highest BCUT2D eigenvalue weighted by Crippen LogP contribution is 2.33. The second-order valence-electron chi connectivity index (χ2n) is 7.91. The minimum absolute atomic E-state index is 0.411. The monoisotopic (exact) mass is 347 g/mol. The van der Waals surface area contributed by atoms with E-state index in [-0.39, 0.29) is 0 Å². The third kappa shape index (κ3) is 7.74. The quantitative estimate of drug-likeness (QED) is 0.371. The fraction of sp³-hybridized carbons (Fsp3) is 0.773. The second-order valence-corrected chi connectivity index (χ2v) is 7.91. The van der Waals surface area contributed by atoms with E-state index in [1.807, 2.05) is 6.08 Å². The van der Waals surface area contributed by atoms with Gasteiger partial charge in [-0.15, -0.1) is 0 Å². The zero-order valence-electron chi connectivity index (χ0n) is 15.8. The molecule has 2 nitrogen and oxygen atoms in total. The molecule has 0 aromatic carbocycles. The molecule has 0 saturated heterocycles. The highest BCUT2D eigenvalue weighted by atomic mass is 19.1. The van der Waals surface area contributed by atoms with Crippen LogP contribution in [0.3, 0.4) is 0 Å². The van der Waals surface area contributed by atoms with Crippen LogP contribution in [0.5, 0.6) is 0 Å². The topological polar surface area (TPSA) is 33.0 Å². The van der Waals surface area contributed by atoms with Gasteiger partial charge in [-0.2, -0.15) is 9.65 Å². The lowest BCUT2D eigenvalue weighted by molar-refractivity contribution is -0.00662.